The van der Waals surface area contributed by atoms with Crippen molar-refractivity contribution in [2.24, 2.45) is 5.92 Å². The molecule has 3 atom stereocenters. The smallest absolute Gasteiger partial charge is 0.255 e. The summed E-state index contributed by atoms with van der Waals surface area (Å²) in [7, 11) is 0. The molecule has 1 aliphatic carbocycles. The number of allylic oxidation sites excluding steroid dienone is 1. The number of fused-ring (bicyclic) bond motifs is 1. The number of rotatable bonds is 7. The van der Waals surface area contributed by atoms with E-state index in [1.165, 1.54) is 32.1 Å². The third-order valence-electron chi connectivity index (χ3n) is 7.90. The molecular weight excluding hydrogens is 430 g/mol. The highest BCUT2D eigenvalue weighted by Crippen LogP contribution is 2.32. The first kappa shape index (κ1) is 23.4. The molecule has 0 aromatic heterocycles. The van der Waals surface area contributed by atoms with Crippen molar-refractivity contribution < 1.29 is 19.1 Å². The number of ether oxygens (including phenoxy) is 2. The minimum atomic E-state index is -0.433. The Labute approximate surface area is 202 Å². The van der Waals surface area contributed by atoms with Crippen LogP contribution in [0, 0.1) is 5.92 Å². The molecular formula is C27H37N3O4. The van der Waals surface area contributed by atoms with Gasteiger partial charge in [-0.2, -0.15) is 0 Å². The molecule has 3 heterocycles. The Morgan fingerprint density at radius 1 is 1.12 bits per heavy atom. The number of carbonyl (C=O) groups excluding carboxylic acids is 2. The Kier molecular flexibility index (Phi) is 7.21. The fourth-order valence-electron chi connectivity index (χ4n) is 5.86. The third-order valence-corrected chi connectivity index (χ3v) is 7.90. The van der Waals surface area contributed by atoms with Gasteiger partial charge in [-0.1, -0.05) is 13.0 Å². The van der Waals surface area contributed by atoms with Crippen molar-refractivity contribution in [1.29, 1.82) is 0 Å². The summed E-state index contributed by atoms with van der Waals surface area (Å²) in [6.07, 6.45) is 9.62. The van der Waals surface area contributed by atoms with Gasteiger partial charge in [0.25, 0.3) is 5.91 Å². The molecule has 0 spiro atoms. The zero-order valence-corrected chi connectivity index (χ0v) is 20.0. The maximum atomic E-state index is 13.0. The van der Waals surface area contributed by atoms with Gasteiger partial charge < -0.3 is 25.0 Å². The van der Waals surface area contributed by atoms with E-state index >= 15 is 0 Å². The van der Waals surface area contributed by atoms with Crippen LogP contribution in [0.3, 0.4) is 0 Å². The molecule has 2 N–H and O–H groups in total. The van der Waals surface area contributed by atoms with E-state index in [0.29, 0.717) is 31.0 Å². The lowest BCUT2D eigenvalue weighted by molar-refractivity contribution is -0.126. The van der Waals surface area contributed by atoms with Gasteiger partial charge in [-0.15, -0.1) is 0 Å². The second kappa shape index (κ2) is 10.5. The average molecular weight is 468 g/mol. The second-order valence-electron chi connectivity index (χ2n) is 10.2. The molecule has 2 saturated heterocycles. The molecule has 1 aromatic rings. The van der Waals surface area contributed by atoms with Gasteiger partial charge in [0.15, 0.2) is 0 Å². The summed E-state index contributed by atoms with van der Waals surface area (Å²) in [5.74, 6) is 1.38. The molecule has 2 amide bonds. The summed E-state index contributed by atoms with van der Waals surface area (Å²) in [6.45, 7) is 7.12. The lowest BCUT2D eigenvalue weighted by atomic mass is 9.91. The van der Waals surface area contributed by atoms with Crippen LogP contribution in [0.2, 0.25) is 0 Å². The van der Waals surface area contributed by atoms with Gasteiger partial charge >= 0.3 is 0 Å². The highest BCUT2D eigenvalue weighted by Gasteiger charge is 2.38. The number of piperidine rings is 1. The van der Waals surface area contributed by atoms with E-state index in [0.717, 1.165) is 55.5 Å². The van der Waals surface area contributed by atoms with E-state index < -0.39 is 6.04 Å². The minimum Gasteiger partial charge on any atom is -0.489 e. The second-order valence-corrected chi connectivity index (χ2v) is 10.2. The summed E-state index contributed by atoms with van der Waals surface area (Å²) in [4.78, 5) is 27.1. The first-order chi connectivity index (χ1) is 16.6. The molecule has 1 aromatic carbocycles. The minimum absolute atomic E-state index is 0.0699. The highest BCUT2D eigenvalue weighted by atomic mass is 16.5. The molecule has 0 radical (unpaired) electrons. The topological polar surface area (TPSA) is 79.9 Å². The molecule has 3 fully saturated rings. The van der Waals surface area contributed by atoms with Gasteiger partial charge in [-0.05, 0) is 87.6 Å². The summed E-state index contributed by atoms with van der Waals surface area (Å²) < 4.78 is 12.0. The van der Waals surface area contributed by atoms with E-state index in [1.807, 2.05) is 18.2 Å². The van der Waals surface area contributed by atoms with Gasteiger partial charge in [0.05, 0.1) is 0 Å². The predicted molar refractivity (Wildman–Crippen MR) is 129 cm³/mol. The first-order valence-electron chi connectivity index (χ1n) is 13.0. The van der Waals surface area contributed by atoms with Gasteiger partial charge in [0.1, 0.15) is 17.9 Å². The zero-order valence-electron chi connectivity index (χ0n) is 20.0. The van der Waals surface area contributed by atoms with E-state index in [4.69, 9.17) is 9.47 Å². The monoisotopic (exact) mass is 467 g/mol. The van der Waals surface area contributed by atoms with Gasteiger partial charge in [0.2, 0.25) is 5.91 Å². The third kappa shape index (κ3) is 5.15. The fraction of sp³-hybridized carbons (Fsp3) is 0.630. The van der Waals surface area contributed by atoms with Gasteiger partial charge in [-0.3, -0.25) is 9.59 Å². The molecule has 1 saturated carbocycles. The van der Waals surface area contributed by atoms with Crippen LogP contribution in [0.15, 0.2) is 30.5 Å². The molecule has 7 nitrogen and oxygen atoms in total. The number of amides is 2. The van der Waals surface area contributed by atoms with Crippen LogP contribution in [0.5, 0.6) is 5.75 Å². The number of nitrogens with zero attached hydrogens (tertiary/aromatic N) is 1. The predicted octanol–water partition coefficient (Wildman–Crippen LogP) is 3.53. The number of carbonyl (C=O) groups is 2. The van der Waals surface area contributed by atoms with Crippen LogP contribution >= 0.6 is 0 Å². The quantitative estimate of drug-likeness (QED) is 0.641. The molecule has 1 unspecified atom stereocenters. The summed E-state index contributed by atoms with van der Waals surface area (Å²) in [6, 6.07) is 5.71. The summed E-state index contributed by atoms with van der Waals surface area (Å²) >= 11 is 0. The lowest BCUT2D eigenvalue weighted by Gasteiger charge is -2.33. The van der Waals surface area contributed by atoms with Crippen LogP contribution in [0.1, 0.15) is 73.7 Å². The largest absolute Gasteiger partial charge is 0.489 e. The van der Waals surface area contributed by atoms with Crippen molar-refractivity contribution >= 4 is 11.8 Å². The van der Waals surface area contributed by atoms with Gasteiger partial charge in [0, 0.05) is 37.1 Å². The highest BCUT2D eigenvalue weighted by molar-refractivity contribution is 6.01. The van der Waals surface area contributed by atoms with E-state index in [9.17, 15) is 9.59 Å². The molecule has 4 aliphatic rings. The van der Waals surface area contributed by atoms with Crippen LogP contribution < -0.4 is 15.4 Å². The molecule has 3 aliphatic heterocycles. The number of nitrogens with one attached hydrogen (secondary N) is 2. The molecule has 184 valence electrons. The van der Waals surface area contributed by atoms with Crippen molar-refractivity contribution in [2.45, 2.75) is 82.5 Å². The van der Waals surface area contributed by atoms with Crippen molar-refractivity contribution in [3.8, 4) is 5.75 Å². The standard InChI is InChI=1S/C27H37N3O4/c1-18-6-9-24(26(31)29-18)30-17-20-16-21(7-8-22(20)27(30)32)34-25-5-3-2-4-23(25)28-13-10-19-11-14-33-15-12-19/h7-8,16,19,23-25,28H,1-6,9-15,17H2,(H,29,31)/t23-,24?,25+/m0/s1. The molecule has 34 heavy (non-hydrogen) atoms. The van der Waals surface area contributed by atoms with Crippen LogP contribution in [-0.4, -0.2) is 54.7 Å². The van der Waals surface area contributed by atoms with Gasteiger partial charge in [-0.25, -0.2) is 0 Å². The molecule has 5 rings (SSSR count). The van der Waals surface area contributed by atoms with Crippen LogP contribution in [0.25, 0.3) is 0 Å². The van der Waals surface area contributed by atoms with Crippen LogP contribution in [0.4, 0.5) is 0 Å². The number of hydrogen-bond acceptors (Lipinski definition) is 5. The number of benzene rings is 1. The zero-order chi connectivity index (χ0) is 23.5. The van der Waals surface area contributed by atoms with Crippen molar-refractivity contribution in [3.63, 3.8) is 0 Å². The van der Waals surface area contributed by atoms with Crippen LogP contribution in [-0.2, 0) is 16.1 Å². The Morgan fingerprint density at radius 3 is 2.76 bits per heavy atom. The maximum absolute atomic E-state index is 13.0. The summed E-state index contributed by atoms with van der Waals surface area (Å²) in [5.41, 5.74) is 2.35. The average Bonchev–Trinajstić information content (AvgIpc) is 3.16. The fourth-order valence-corrected chi connectivity index (χ4v) is 5.86. The van der Waals surface area contributed by atoms with E-state index in [1.54, 1.807) is 4.90 Å². The Hall–Kier alpha value is -2.38. The van der Waals surface area contributed by atoms with E-state index in [2.05, 4.69) is 17.2 Å². The Bertz CT molecular complexity index is 926. The summed E-state index contributed by atoms with van der Waals surface area (Å²) in [5, 5.41) is 6.57. The van der Waals surface area contributed by atoms with Crippen molar-refractivity contribution in [3.05, 3.63) is 41.6 Å². The van der Waals surface area contributed by atoms with Crippen molar-refractivity contribution in [2.75, 3.05) is 19.8 Å². The van der Waals surface area contributed by atoms with E-state index in [-0.39, 0.29) is 17.9 Å². The molecule has 0 bridgehead atoms. The first-order valence-corrected chi connectivity index (χ1v) is 13.0. The lowest BCUT2D eigenvalue weighted by Crippen LogP contribution is -2.49. The Morgan fingerprint density at radius 2 is 1.94 bits per heavy atom. The normalized spacial score (nSPS) is 28.1. The SMILES string of the molecule is C=C1CCC(N2Cc3cc(O[C@@H]4CCCC[C@@H]4NCCC4CCOCC4)ccc3C2=O)C(=O)N1. The Balaban J connectivity index is 1.19. The maximum Gasteiger partial charge on any atom is 0.255 e. The van der Waals surface area contributed by atoms with Crippen molar-refractivity contribution in [1.82, 2.24) is 15.5 Å². The number of hydrogen-bond donors (Lipinski definition) is 2. The molecule has 7 heteroatoms.